The van der Waals surface area contributed by atoms with Crippen LogP contribution in [0, 0.1) is 5.92 Å². The van der Waals surface area contributed by atoms with E-state index in [0.717, 1.165) is 38.8 Å². The molecule has 1 heterocycles. The quantitative estimate of drug-likeness (QED) is 0.724. The van der Waals surface area contributed by atoms with Crippen molar-refractivity contribution in [2.75, 3.05) is 19.7 Å². The zero-order valence-electron chi connectivity index (χ0n) is 10.6. The Kier molecular flexibility index (Phi) is 6.65. The van der Waals surface area contributed by atoms with E-state index in [1.54, 1.807) is 0 Å². The van der Waals surface area contributed by atoms with Crippen molar-refractivity contribution in [2.45, 2.75) is 52.1 Å². The highest BCUT2D eigenvalue weighted by atomic mass is 16.5. The van der Waals surface area contributed by atoms with E-state index in [1.165, 1.54) is 0 Å². The molecule has 1 unspecified atom stereocenters. The molecule has 3 heteroatoms. The predicted molar refractivity (Wildman–Crippen MR) is 65.5 cm³/mol. The molecule has 94 valence electrons. The Morgan fingerprint density at radius 1 is 1.44 bits per heavy atom. The molecule has 1 rings (SSSR count). The van der Waals surface area contributed by atoms with Crippen molar-refractivity contribution >= 4 is 5.78 Å². The van der Waals surface area contributed by atoms with Crippen LogP contribution in [-0.4, -0.2) is 31.6 Å². The molecule has 1 fully saturated rings. The van der Waals surface area contributed by atoms with E-state index in [9.17, 15) is 4.79 Å². The number of hydrogen-bond donors (Lipinski definition) is 1. The van der Waals surface area contributed by atoms with Crippen LogP contribution in [0.1, 0.15) is 46.0 Å². The molecule has 0 bridgehead atoms. The van der Waals surface area contributed by atoms with Crippen LogP contribution in [0.2, 0.25) is 0 Å². The maximum absolute atomic E-state index is 11.6. The first-order chi connectivity index (χ1) is 7.72. The SMILES string of the molecule is CCCC(C)CC(=O)COC1CCNCC1. The smallest absolute Gasteiger partial charge is 0.158 e. The fraction of sp³-hybridized carbons (Fsp3) is 0.923. The number of carbonyl (C=O) groups is 1. The van der Waals surface area contributed by atoms with Crippen molar-refractivity contribution in [3.05, 3.63) is 0 Å². The molecule has 0 amide bonds. The molecule has 0 aromatic carbocycles. The summed E-state index contributed by atoms with van der Waals surface area (Å²) in [6.45, 7) is 6.66. The van der Waals surface area contributed by atoms with Gasteiger partial charge in [0.1, 0.15) is 6.61 Å². The van der Waals surface area contributed by atoms with E-state index in [0.29, 0.717) is 25.0 Å². The molecule has 0 radical (unpaired) electrons. The summed E-state index contributed by atoms with van der Waals surface area (Å²) in [6, 6.07) is 0. The molecule has 16 heavy (non-hydrogen) atoms. The summed E-state index contributed by atoms with van der Waals surface area (Å²) in [5.41, 5.74) is 0. The molecule has 3 nitrogen and oxygen atoms in total. The minimum atomic E-state index is 0.263. The van der Waals surface area contributed by atoms with E-state index in [-0.39, 0.29) is 5.78 Å². The third-order valence-corrected chi connectivity index (χ3v) is 3.12. The van der Waals surface area contributed by atoms with Crippen molar-refractivity contribution in [1.82, 2.24) is 5.32 Å². The van der Waals surface area contributed by atoms with E-state index in [2.05, 4.69) is 19.2 Å². The first-order valence-electron chi connectivity index (χ1n) is 6.56. The van der Waals surface area contributed by atoms with Crippen LogP contribution in [0.4, 0.5) is 0 Å². The van der Waals surface area contributed by atoms with Crippen LogP contribution < -0.4 is 5.32 Å². The van der Waals surface area contributed by atoms with Gasteiger partial charge in [0.2, 0.25) is 0 Å². The monoisotopic (exact) mass is 227 g/mol. The van der Waals surface area contributed by atoms with Crippen molar-refractivity contribution in [3.8, 4) is 0 Å². The van der Waals surface area contributed by atoms with Gasteiger partial charge in [-0.1, -0.05) is 26.7 Å². The van der Waals surface area contributed by atoms with E-state index in [1.807, 2.05) is 0 Å². The Hall–Kier alpha value is -0.410. The summed E-state index contributed by atoms with van der Waals surface area (Å²) in [4.78, 5) is 11.6. The highest BCUT2D eigenvalue weighted by molar-refractivity contribution is 5.79. The average Bonchev–Trinajstić information content (AvgIpc) is 2.28. The molecule has 0 aliphatic carbocycles. The third-order valence-electron chi connectivity index (χ3n) is 3.12. The van der Waals surface area contributed by atoms with Crippen LogP contribution in [0.5, 0.6) is 0 Å². The number of Topliss-reactive ketones (excluding diaryl/α,β-unsaturated/α-hetero) is 1. The Morgan fingerprint density at radius 2 is 2.12 bits per heavy atom. The zero-order valence-corrected chi connectivity index (χ0v) is 10.6. The lowest BCUT2D eigenvalue weighted by molar-refractivity contribution is -0.126. The zero-order chi connectivity index (χ0) is 11.8. The summed E-state index contributed by atoms with van der Waals surface area (Å²) < 4.78 is 5.63. The maximum Gasteiger partial charge on any atom is 0.158 e. The highest BCUT2D eigenvalue weighted by Crippen LogP contribution is 2.12. The van der Waals surface area contributed by atoms with E-state index < -0.39 is 0 Å². The lowest BCUT2D eigenvalue weighted by Crippen LogP contribution is -2.33. The van der Waals surface area contributed by atoms with Gasteiger partial charge in [0.25, 0.3) is 0 Å². The molecule has 0 spiro atoms. The average molecular weight is 227 g/mol. The highest BCUT2D eigenvalue weighted by Gasteiger charge is 2.15. The van der Waals surface area contributed by atoms with Gasteiger partial charge >= 0.3 is 0 Å². The van der Waals surface area contributed by atoms with Crippen LogP contribution in [0.25, 0.3) is 0 Å². The Bertz CT molecular complexity index is 200. The summed E-state index contributed by atoms with van der Waals surface area (Å²) >= 11 is 0. The van der Waals surface area contributed by atoms with Gasteiger partial charge in [-0.2, -0.15) is 0 Å². The molecule has 0 saturated carbocycles. The van der Waals surface area contributed by atoms with Crippen molar-refractivity contribution < 1.29 is 9.53 Å². The number of rotatable bonds is 7. The summed E-state index contributed by atoms with van der Waals surface area (Å²) in [7, 11) is 0. The molecular weight excluding hydrogens is 202 g/mol. The first kappa shape index (κ1) is 13.7. The van der Waals surface area contributed by atoms with Crippen molar-refractivity contribution in [1.29, 1.82) is 0 Å². The van der Waals surface area contributed by atoms with Gasteiger partial charge in [0, 0.05) is 6.42 Å². The molecule has 0 aromatic rings. The van der Waals surface area contributed by atoms with Gasteiger partial charge in [-0.25, -0.2) is 0 Å². The molecular formula is C13H25NO2. The van der Waals surface area contributed by atoms with Crippen LogP contribution >= 0.6 is 0 Å². The van der Waals surface area contributed by atoms with Gasteiger partial charge < -0.3 is 10.1 Å². The second-order valence-electron chi connectivity index (χ2n) is 4.90. The van der Waals surface area contributed by atoms with Crippen LogP contribution in [0.15, 0.2) is 0 Å². The number of ketones is 1. The molecule has 1 saturated heterocycles. The third kappa shape index (κ3) is 5.61. The minimum Gasteiger partial charge on any atom is -0.370 e. The van der Waals surface area contributed by atoms with E-state index in [4.69, 9.17) is 4.74 Å². The Balaban J connectivity index is 2.09. The molecule has 1 aliphatic rings. The molecule has 1 atom stereocenters. The fourth-order valence-electron chi connectivity index (χ4n) is 2.22. The van der Waals surface area contributed by atoms with Crippen molar-refractivity contribution in [2.24, 2.45) is 5.92 Å². The number of nitrogens with one attached hydrogen (secondary N) is 1. The Morgan fingerprint density at radius 3 is 2.75 bits per heavy atom. The minimum absolute atomic E-state index is 0.263. The Labute approximate surface area is 98.9 Å². The van der Waals surface area contributed by atoms with Gasteiger partial charge in [-0.3, -0.25) is 4.79 Å². The molecule has 1 N–H and O–H groups in total. The summed E-state index contributed by atoms with van der Waals surface area (Å²) in [6.07, 6.45) is 5.35. The number of hydrogen-bond acceptors (Lipinski definition) is 3. The van der Waals surface area contributed by atoms with E-state index >= 15 is 0 Å². The summed E-state index contributed by atoms with van der Waals surface area (Å²) in [5.74, 6) is 0.772. The van der Waals surface area contributed by atoms with Gasteiger partial charge in [0.15, 0.2) is 5.78 Å². The predicted octanol–water partition coefficient (Wildman–Crippen LogP) is 2.15. The largest absolute Gasteiger partial charge is 0.370 e. The maximum atomic E-state index is 11.6. The summed E-state index contributed by atoms with van der Waals surface area (Å²) in [5, 5.41) is 3.29. The lowest BCUT2D eigenvalue weighted by atomic mass is 10.00. The second-order valence-corrected chi connectivity index (χ2v) is 4.90. The number of piperidine rings is 1. The number of carbonyl (C=O) groups excluding carboxylic acids is 1. The second kappa shape index (κ2) is 7.80. The van der Waals surface area contributed by atoms with Gasteiger partial charge in [-0.05, 0) is 31.8 Å². The number of ether oxygens (including phenoxy) is 1. The molecule has 1 aliphatic heterocycles. The topological polar surface area (TPSA) is 38.3 Å². The fourth-order valence-corrected chi connectivity index (χ4v) is 2.22. The first-order valence-corrected chi connectivity index (χ1v) is 6.56. The van der Waals surface area contributed by atoms with Crippen LogP contribution in [0.3, 0.4) is 0 Å². The molecule has 0 aromatic heterocycles. The van der Waals surface area contributed by atoms with Crippen molar-refractivity contribution in [3.63, 3.8) is 0 Å². The van der Waals surface area contributed by atoms with Gasteiger partial charge in [0.05, 0.1) is 6.10 Å². The normalized spacial score (nSPS) is 19.6. The standard InChI is InChI=1S/C13H25NO2/c1-3-4-11(2)9-12(15)10-16-13-5-7-14-8-6-13/h11,13-14H,3-10H2,1-2H3. The van der Waals surface area contributed by atoms with Crippen LogP contribution in [-0.2, 0) is 9.53 Å². The van der Waals surface area contributed by atoms with Gasteiger partial charge in [-0.15, -0.1) is 0 Å². The lowest BCUT2D eigenvalue weighted by Gasteiger charge is -2.22.